The Morgan fingerprint density at radius 2 is 2.39 bits per heavy atom. The van der Waals surface area contributed by atoms with E-state index in [1.54, 1.807) is 12.1 Å². The molecule has 0 atom stereocenters. The van der Waals surface area contributed by atoms with Crippen LogP contribution in [0.4, 0.5) is 0 Å². The molecule has 1 amide bonds. The van der Waals surface area contributed by atoms with Gasteiger partial charge in [-0.15, -0.1) is 0 Å². The Morgan fingerprint density at radius 3 is 3.17 bits per heavy atom. The molecule has 2 rings (SSSR count). The van der Waals surface area contributed by atoms with Crippen LogP contribution >= 0.6 is 11.6 Å². The van der Waals surface area contributed by atoms with Gasteiger partial charge < -0.3 is 9.72 Å². The molecule has 4 nitrogen and oxygen atoms in total. The maximum atomic E-state index is 11.5. The number of fused-ring (bicyclic) bond motifs is 1. The Morgan fingerprint density at radius 1 is 1.56 bits per heavy atom. The summed E-state index contributed by atoms with van der Waals surface area (Å²) in [5.41, 5.74) is 1.63. The van der Waals surface area contributed by atoms with E-state index in [1.165, 1.54) is 0 Å². The molecule has 96 valence electrons. The van der Waals surface area contributed by atoms with Crippen molar-refractivity contribution in [2.75, 3.05) is 0 Å². The van der Waals surface area contributed by atoms with Gasteiger partial charge in [0.1, 0.15) is 5.65 Å². The van der Waals surface area contributed by atoms with Gasteiger partial charge in [0.2, 0.25) is 5.91 Å². The number of nitrogens with one attached hydrogen (secondary N) is 1. The SMILES string of the molecule is CCCCC(=O)NCc1cn2ccc(Cl)cc2n1. The van der Waals surface area contributed by atoms with Crippen molar-refractivity contribution in [1.82, 2.24) is 14.7 Å². The number of carbonyl (C=O) groups excluding carboxylic acids is 1. The van der Waals surface area contributed by atoms with Gasteiger partial charge in [-0.2, -0.15) is 0 Å². The van der Waals surface area contributed by atoms with Crippen molar-refractivity contribution in [3.8, 4) is 0 Å². The zero-order valence-electron chi connectivity index (χ0n) is 10.3. The summed E-state index contributed by atoms with van der Waals surface area (Å²) in [4.78, 5) is 15.9. The molecule has 0 saturated heterocycles. The van der Waals surface area contributed by atoms with E-state index in [9.17, 15) is 4.79 Å². The van der Waals surface area contributed by atoms with Gasteiger partial charge in [0.15, 0.2) is 0 Å². The van der Waals surface area contributed by atoms with Crippen LogP contribution in [0.25, 0.3) is 5.65 Å². The molecule has 0 aromatic carbocycles. The zero-order valence-corrected chi connectivity index (χ0v) is 11.1. The Bertz CT molecular complexity index is 550. The minimum atomic E-state index is 0.0759. The van der Waals surface area contributed by atoms with Crippen molar-refractivity contribution < 1.29 is 4.79 Å². The van der Waals surface area contributed by atoms with Crippen LogP contribution in [0.3, 0.4) is 0 Å². The molecule has 0 saturated carbocycles. The van der Waals surface area contributed by atoms with Crippen molar-refractivity contribution in [3.63, 3.8) is 0 Å². The van der Waals surface area contributed by atoms with Gasteiger partial charge in [0, 0.05) is 23.8 Å². The smallest absolute Gasteiger partial charge is 0.220 e. The van der Waals surface area contributed by atoms with Crippen LogP contribution < -0.4 is 5.32 Å². The van der Waals surface area contributed by atoms with Gasteiger partial charge in [-0.05, 0) is 18.6 Å². The number of unbranched alkanes of at least 4 members (excludes halogenated alkanes) is 1. The average Bonchev–Trinajstić information content (AvgIpc) is 2.75. The van der Waals surface area contributed by atoms with Crippen LogP contribution in [0.2, 0.25) is 5.02 Å². The summed E-state index contributed by atoms with van der Waals surface area (Å²) in [6.45, 7) is 2.53. The molecule has 2 heterocycles. The largest absolute Gasteiger partial charge is 0.350 e. The second-order valence-electron chi connectivity index (χ2n) is 4.22. The summed E-state index contributed by atoms with van der Waals surface area (Å²) < 4.78 is 1.89. The third-order valence-corrected chi connectivity index (χ3v) is 2.93. The highest BCUT2D eigenvalue weighted by atomic mass is 35.5. The highest BCUT2D eigenvalue weighted by Crippen LogP contribution is 2.12. The Hall–Kier alpha value is -1.55. The van der Waals surface area contributed by atoms with Gasteiger partial charge in [-0.3, -0.25) is 4.79 Å². The molecule has 0 fully saturated rings. The number of imidazole rings is 1. The quantitative estimate of drug-likeness (QED) is 0.904. The van der Waals surface area contributed by atoms with Crippen molar-refractivity contribution in [2.45, 2.75) is 32.7 Å². The first-order chi connectivity index (χ1) is 8.69. The van der Waals surface area contributed by atoms with E-state index in [2.05, 4.69) is 17.2 Å². The number of aromatic nitrogens is 2. The van der Waals surface area contributed by atoms with E-state index in [-0.39, 0.29) is 5.91 Å². The lowest BCUT2D eigenvalue weighted by atomic mass is 10.2. The molecule has 0 aliphatic carbocycles. The number of carbonyl (C=O) groups is 1. The fraction of sp³-hybridized carbons (Fsp3) is 0.385. The first kappa shape index (κ1) is 12.9. The lowest BCUT2D eigenvalue weighted by Gasteiger charge is -2.01. The lowest BCUT2D eigenvalue weighted by molar-refractivity contribution is -0.121. The van der Waals surface area contributed by atoms with E-state index in [1.807, 2.05) is 16.8 Å². The minimum Gasteiger partial charge on any atom is -0.350 e. The van der Waals surface area contributed by atoms with E-state index >= 15 is 0 Å². The molecule has 0 radical (unpaired) electrons. The first-order valence-corrected chi connectivity index (χ1v) is 6.46. The number of hydrogen-bond donors (Lipinski definition) is 1. The second-order valence-corrected chi connectivity index (χ2v) is 4.66. The summed E-state index contributed by atoms with van der Waals surface area (Å²) in [5, 5.41) is 3.52. The van der Waals surface area contributed by atoms with Crippen LogP contribution in [0.5, 0.6) is 0 Å². The van der Waals surface area contributed by atoms with Crippen molar-refractivity contribution in [1.29, 1.82) is 0 Å². The zero-order chi connectivity index (χ0) is 13.0. The van der Waals surface area contributed by atoms with Gasteiger partial charge in [0.05, 0.1) is 12.2 Å². The van der Waals surface area contributed by atoms with Crippen LogP contribution in [0.15, 0.2) is 24.5 Å². The molecule has 1 N–H and O–H groups in total. The summed E-state index contributed by atoms with van der Waals surface area (Å²) >= 11 is 5.89. The summed E-state index contributed by atoms with van der Waals surface area (Å²) in [7, 11) is 0. The van der Waals surface area contributed by atoms with E-state index in [0.717, 1.165) is 24.2 Å². The predicted octanol–water partition coefficient (Wildman–Crippen LogP) is 2.79. The molecule has 0 spiro atoms. The Balaban J connectivity index is 1.97. The number of nitrogens with zero attached hydrogens (tertiary/aromatic N) is 2. The van der Waals surface area contributed by atoms with Gasteiger partial charge >= 0.3 is 0 Å². The normalized spacial score (nSPS) is 10.8. The van der Waals surface area contributed by atoms with E-state index in [0.29, 0.717) is 18.0 Å². The second kappa shape index (κ2) is 5.87. The summed E-state index contributed by atoms with van der Waals surface area (Å²) in [6, 6.07) is 3.60. The molecule has 0 aliphatic heterocycles. The molecule has 0 bridgehead atoms. The van der Waals surface area contributed by atoms with Crippen LogP contribution in [0, 0.1) is 0 Å². The first-order valence-electron chi connectivity index (χ1n) is 6.09. The highest BCUT2D eigenvalue weighted by Gasteiger charge is 2.04. The third kappa shape index (κ3) is 3.23. The minimum absolute atomic E-state index is 0.0759. The highest BCUT2D eigenvalue weighted by molar-refractivity contribution is 6.30. The Kier molecular flexibility index (Phi) is 4.20. The lowest BCUT2D eigenvalue weighted by Crippen LogP contribution is -2.22. The van der Waals surface area contributed by atoms with Gasteiger partial charge in [-0.1, -0.05) is 24.9 Å². The molecular weight excluding hydrogens is 250 g/mol. The molecule has 2 aromatic heterocycles. The number of halogens is 1. The average molecular weight is 266 g/mol. The number of pyridine rings is 1. The number of amides is 1. The Labute approximate surface area is 111 Å². The fourth-order valence-electron chi connectivity index (χ4n) is 1.71. The number of hydrogen-bond acceptors (Lipinski definition) is 2. The molecule has 0 aliphatic rings. The third-order valence-electron chi connectivity index (χ3n) is 2.70. The number of rotatable bonds is 5. The van der Waals surface area contributed by atoms with E-state index < -0.39 is 0 Å². The standard InChI is InChI=1S/C13H16ClN3O/c1-2-3-4-13(18)15-8-11-9-17-6-5-10(14)7-12(17)16-11/h5-7,9H,2-4,8H2,1H3,(H,15,18). The van der Waals surface area contributed by atoms with Crippen LogP contribution in [-0.4, -0.2) is 15.3 Å². The van der Waals surface area contributed by atoms with Gasteiger partial charge in [0.25, 0.3) is 0 Å². The fourth-order valence-corrected chi connectivity index (χ4v) is 1.86. The molecule has 18 heavy (non-hydrogen) atoms. The van der Waals surface area contributed by atoms with E-state index in [4.69, 9.17) is 11.6 Å². The maximum absolute atomic E-state index is 11.5. The van der Waals surface area contributed by atoms with Crippen LogP contribution in [-0.2, 0) is 11.3 Å². The topological polar surface area (TPSA) is 46.4 Å². The van der Waals surface area contributed by atoms with Gasteiger partial charge in [-0.25, -0.2) is 4.98 Å². The maximum Gasteiger partial charge on any atom is 0.220 e. The summed E-state index contributed by atoms with van der Waals surface area (Å²) in [5.74, 6) is 0.0759. The van der Waals surface area contributed by atoms with Crippen molar-refractivity contribution in [2.24, 2.45) is 0 Å². The molecule has 2 aromatic rings. The predicted molar refractivity (Wildman–Crippen MR) is 71.6 cm³/mol. The van der Waals surface area contributed by atoms with Crippen molar-refractivity contribution >= 4 is 23.2 Å². The van der Waals surface area contributed by atoms with Crippen LogP contribution in [0.1, 0.15) is 31.9 Å². The summed E-state index contributed by atoms with van der Waals surface area (Å²) in [6.07, 6.45) is 6.28. The molecular formula is C13H16ClN3O. The molecule has 5 heteroatoms. The molecule has 0 unspecified atom stereocenters. The van der Waals surface area contributed by atoms with Crippen molar-refractivity contribution in [3.05, 3.63) is 35.2 Å². The monoisotopic (exact) mass is 265 g/mol.